The molecule has 0 spiro atoms. The molecule has 9 nitrogen and oxygen atoms in total. The zero-order valence-electron chi connectivity index (χ0n) is 19.2. The number of methoxy groups -OCH3 is 2. The minimum atomic E-state index is -0.592. The number of aryl methyl sites for hydroxylation is 1. The summed E-state index contributed by atoms with van der Waals surface area (Å²) in [7, 11) is 3.13. The molecule has 1 N–H and O–H groups in total. The largest absolute Gasteiger partial charge is 0.497 e. The predicted octanol–water partition coefficient (Wildman–Crippen LogP) is 4.39. The average Bonchev–Trinajstić information content (AvgIpc) is 3.27. The van der Waals surface area contributed by atoms with Gasteiger partial charge in [0, 0.05) is 18.6 Å². The summed E-state index contributed by atoms with van der Waals surface area (Å²) >= 11 is 0. The Kier molecular flexibility index (Phi) is 8.52. The quantitative estimate of drug-likeness (QED) is 0.253. The molecule has 2 aromatic carbocycles. The third-order valence-corrected chi connectivity index (χ3v) is 4.59. The van der Waals surface area contributed by atoms with Crippen LogP contribution < -0.4 is 24.3 Å². The molecular weight excluding hydrogens is 438 g/mol. The molecule has 0 aliphatic heterocycles. The fourth-order valence-electron chi connectivity index (χ4n) is 2.94. The molecule has 176 valence electrons. The molecule has 0 fully saturated rings. The first-order chi connectivity index (χ1) is 16.5. The molecule has 0 bridgehead atoms. The second-order valence-corrected chi connectivity index (χ2v) is 7.09. The van der Waals surface area contributed by atoms with E-state index in [-0.39, 0.29) is 11.4 Å². The number of nitrogens with zero attached hydrogens (tertiary/aromatic N) is 2. The van der Waals surface area contributed by atoms with Crippen LogP contribution >= 0.6 is 0 Å². The number of carbonyl (C=O) groups is 1. The van der Waals surface area contributed by atoms with Crippen molar-refractivity contribution in [3.8, 4) is 29.1 Å². The normalized spacial score (nSPS) is 10.8. The van der Waals surface area contributed by atoms with Gasteiger partial charge < -0.3 is 28.8 Å². The van der Waals surface area contributed by atoms with Crippen LogP contribution in [0.2, 0.25) is 0 Å². The molecular formula is C25H25N3O6. The van der Waals surface area contributed by atoms with Crippen LogP contribution in [0.25, 0.3) is 6.08 Å². The standard InChI is InChI=1S/C25H25N3O6/c1-17-12-24(28-34-17)27-25(29)19(16-26)13-18-8-9-22(23(14-18)31-3)33-11-5-10-32-21-7-4-6-20(15-21)30-2/h4,6-9,12-15H,5,10-11H2,1-3H3,(H,27,28,29). The Morgan fingerprint density at radius 2 is 1.85 bits per heavy atom. The lowest BCUT2D eigenvalue weighted by Gasteiger charge is -2.12. The Labute approximate surface area is 197 Å². The average molecular weight is 463 g/mol. The minimum absolute atomic E-state index is 0.0916. The van der Waals surface area contributed by atoms with Crippen molar-refractivity contribution in [2.24, 2.45) is 0 Å². The van der Waals surface area contributed by atoms with E-state index in [1.165, 1.54) is 13.2 Å². The highest BCUT2D eigenvalue weighted by molar-refractivity contribution is 6.09. The topological polar surface area (TPSA) is 116 Å². The Morgan fingerprint density at radius 3 is 2.56 bits per heavy atom. The fraction of sp³-hybridized carbons (Fsp3) is 0.240. The van der Waals surface area contributed by atoms with Gasteiger partial charge in [0.2, 0.25) is 0 Å². The molecule has 0 saturated heterocycles. The van der Waals surface area contributed by atoms with Crippen LogP contribution in [0, 0.1) is 18.3 Å². The van der Waals surface area contributed by atoms with Gasteiger partial charge in [0.15, 0.2) is 17.3 Å². The van der Waals surface area contributed by atoms with E-state index in [2.05, 4.69) is 10.5 Å². The van der Waals surface area contributed by atoms with E-state index in [1.54, 1.807) is 38.3 Å². The summed E-state index contributed by atoms with van der Waals surface area (Å²) in [5.41, 5.74) is 0.514. The molecule has 1 amide bonds. The zero-order valence-corrected chi connectivity index (χ0v) is 19.2. The first kappa shape index (κ1) is 24.2. The maximum absolute atomic E-state index is 12.4. The maximum Gasteiger partial charge on any atom is 0.267 e. The van der Waals surface area contributed by atoms with Crippen LogP contribution in [-0.2, 0) is 4.79 Å². The van der Waals surface area contributed by atoms with Crippen molar-refractivity contribution in [3.63, 3.8) is 0 Å². The first-order valence-corrected chi connectivity index (χ1v) is 10.5. The second-order valence-electron chi connectivity index (χ2n) is 7.09. The first-order valence-electron chi connectivity index (χ1n) is 10.5. The number of hydrogen-bond acceptors (Lipinski definition) is 8. The molecule has 0 unspecified atom stereocenters. The number of anilines is 1. The highest BCUT2D eigenvalue weighted by Crippen LogP contribution is 2.29. The smallest absolute Gasteiger partial charge is 0.267 e. The van der Waals surface area contributed by atoms with E-state index >= 15 is 0 Å². The van der Waals surface area contributed by atoms with Crippen LogP contribution in [0.3, 0.4) is 0 Å². The van der Waals surface area contributed by atoms with Gasteiger partial charge in [-0.3, -0.25) is 4.79 Å². The Balaban J connectivity index is 1.56. The van der Waals surface area contributed by atoms with Crippen LogP contribution in [0.1, 0.15) is 17.7 Å². The molecule has 0 radical (unpaired) electrons. The number of carbonyl (C=O) groups excluding carboxylic acids is 1. The molecule has 1 aromatic heterocycles. The lowest BCUT2D eigenvalue weighted by molar-refractivity contribution is -0.112. The molecule has 1 heterocycles. The van der Waals surface area contributed by atoms with E-state index in [0.717, 1.165) is 11.5 Å². The monoisotopic (exact) mass is 463 g/mol. The van der Waals surface area contributed by atoms with Crippen molar-refractivity contribution >= 4 is 17.8 Å². The molecule has 0 saturated carbocycles. The maximum atomic E-state index is 12.4. The fourth-order valence-corrected chi connectivity index (χ4v) is 2.94. The van der Waals surface area contributed by atoms with Crippen molar-refractivity contribution in [2.75, 3.05) is 32.8 Å². The number of hydrogen-bond donors (Lipinski definition) is 1. The Morgan fingerprint density at radius 1 is 1.06 bits per heavy atom. The van der Waals surface area contributed by atoms with Crippen LogP contribution in [0.4, 0.5) is 5.82 Å². The molecule has 34 heavy (non-hydrogen) atoms. The zero-order chi connectivity index (χ0) is 24.3. The van der Waals surface area contributed by atoms with Crippen molar-refractivity contribution in [1.29, 1.82) is 5.26 Å². The number of amides is 1. The number of ether oxygens (including phenoxy) is 4. The summed E-state index contributed by atoms with van der Waals surface area (Å²) < 4.78 is 27.0. The number of nitrogens with one attached hydrogen (secondary N) is 1. The van der Waals surface area contributed by atoms with Gasteiger partial charge in [-0.1, -0.05) is 17.3 Å². The highest BCUT2D eigenvalue weighted by Gasteiger charge is 2.13. The van der Waals surface area contributed by atoms with Crippen molar-refractivity contribution < 1.29 is 28.3 Å². The van der Waals surface area contributed by atoms with Gasteiger partial charge in [0.05, 0.1) is 27.4 Å². The van der Waals surface area contributed by atoms with E-state index in [1.807, 2.05) is 30.3 Å². The van der Waals surface area contributed by atoms with Gasteiger partial charge in [0.25, 0.3) is 5.91 Å². The van der Waals surface area contributed by atoms with E-state index < -0.39 is 5.91 Å². The summed E-state index contributed by atoms with van der Waals surface area (Å²) in [6, 6.07) is 16.0. The molecule has 3 rings (SSSR count). The van der Waals surface area contributed by atoms with E-state index in [4.69, 9.17) is 23.5 Å². The van der Waals surface area contributed by atoms with Crippen LogP contribution in [0.5, 0.6) is 23.0 Å². The molecule has 0 aliphatic rings. The molecule has 9 heteroatoms. The SMILES string of the molecule is COc1cccc(OCCCOc2ccc(C=C(C#N)C(=O)Nc3cc(C)on3)cc2OC)c1. The molecule has 0 atom stereocenters. The van der Waals surface area contributed by atoms with Crippen molar-refractivity contribution in [3.05, 3.63) is 65.4 Å². The Hall–Kier alpha value is -4.45. The summed E-state index contributed by atoms with van der Waals surface area (Å²) in [6.07, 6.45) is 2.11. The van der Waals surface area contributed by atoms with Gasteiger partial charge in [-0.2, -0.15) is 5.26 Å². The van der Waals surface area contributed by atoms with Gasteiger partial charge >= 0.3 is 0 Å². The summed E-state index contributed by atoms with van der Waals surface area (Å²) in [5.74, 6) is 2.67. The predicted molar refractivity (Wildman–Crippen MR) is 125 cm³/mol. The molecule has 0 aliphatic carbocycles. The number of benzene rings is 2. The van der Waals surface area contributed by atoms with Crippen LogP contribution in [-0.4, -0.2) is 38.5 Å². The van der Waals surface area contributed by atoms with E-state index in [0.29, 0.717) is 42.5 Å². The molecule has 3 aromatic rings. The summed E-state index contributed by atoms with van der Waals surface area (Å²) in [4.78, 5) is 12.4. The summed E-state index contributed by atoms with van der Waals surface area (Å²) in [6.45, 7) is 2.59. The lowest BCUT2D eigenvalue weighted by atomic mass is 10.1. The minimum Gasteiger partial charge on any atom is -0.497 e. The third-order valence-electron chi connectivity index (χ3n) is 4.59. The van der Waals surface area contributed by atoms with Gasteiger partial charge in [0.1, 0.15) is 28.9 Å². The van der Waals surface area contributed by atoms with Gasteiger partial charge in [-0.25, -0.2) is 0 Å². The van der Waals surface area contributed by atoms with Crippen molar-refractivity contribution in [2.45, 2.75) is 13.3 Å². The van der Waals surface area contributed by atoms with Gasteiger partial charge in [-0.15, -0.1) is 0 Å². The van der Waals surface area contributed by atoms with E-state index in [9.17, 15) is 10.1 Å². The lowest BCUT2D eigenvalue weighted by Crippen LogP contribution is -2.13. The third kappa shape index (κ3) is 6.77. The van der Waals surface area contributed by atoms with Crippen LogP contribution in [0.15, 0.2) is 58.6 Å². The number of nitriles is 1. The van der Waals surface area contributed by atoms with Gasteiger partial charge in [-0.05, 0) is 42.8 Å². The Bertz CT molecular complexity index is 1200. The second kappa shape index (κ2) is 12.0. The number of rotatable bonds is 11. The summed E-state index contributed by atoms with van der Waals surface area (Å²) in [5, 5.41) is 15.6. The van der Waals surface area contributed by atoms with Crippen molar-refractivity contribution in [1.82, 2.24) is 5.16 Å². The number of aromatic nitrogens is 1. The highest BCUT2D eigenvalue weighted by atomic mass is 16.5.